The van der Waals surface area contributed by atoms with E-state index in [9.17, 15) is 9.18 Å². The Balaban J connectivity index is 1.92. The molecule has 0 amide bonds. The SMILES string of the molecule is CC1(C)CC(=O)c2cc(C#Cc3ccnc(F)c3)cnc2C1. The summed E-state index contributed by atoms with van der Waals surface area (Å²) in [6.45, 7) is 4.14. The molecule has 2 aromatic heterocycles. The Labute approximate surface area is 128 Å². The highest BCUT2D eigenvalue weighted by atomic mass is 19.1. The molecule has 0 saturated carbocycles. The van der Waals surface area contributed by atoms with Crippen molar-refractivity contribution >= 4 is 5.78 Å². The highest BCUT2D eigenvalue weighted by Crippen LogP contribution is 2.33. The summed E-state index contributed by atoms with van der Waals surface area (Å²) in [5.74, 6) is 5.33. The molecule has 0 spiro atoms. The Bertz CT molecular complexity index is 815. The molecule has 0 N–H and O–H groups in total. The smallest absolute Gasteiger partial charge is 0.214 e. The van der Waals surface area contributed by atoms with E-state index in [1.54, 1.807) is 18.3 Å². The fourth-order valence-electron chi connectivity index (χ4n) is 2.61. The molecule has 0 aliphatic heterocycles. The number of hydrogen-bond acceptors (Lipinski definition) is 3. The van der Waals surface area contributed by atoms with Crippen molar-refractivity contribution in [2.75, 3.05) is 0 Å². The zero-order chi connectivity index (χ0) is 15.7. The van der Waals surface area contributed by atoms with Crippen LogP contribution in [-0.2, 0) is 6.42 Å². The van der Waals surface area contributed by atoms with Gasteiger partial charge in [0.05, 0.1) is 5.69 Å². The maximum Gasteiger partial charge on any atom is 0.214 e. The maximum absolute atomic E-state index is 13.0. The van der Waals surface area contributed by atoms with Crippen molar-refractivity contribution in [2.24, 2.45) is 5.41 Å². The number of Topliss-reactive ketones (excluding diaryl/α,β-unsaturated/α-hetero) is 1. The van der Waals surface area contributed by atoms with Crippen molar-refractivity contribution in [1.29, 1.82) is 0 Å². The minimum atomic E-state index is -0.562. The number of pyridine rings is 2. The number of halogens is 1. The third kappa shape index (κ3) is 3.04. The van der Waals surface area contributed by atoms with Crippen molar-refractivity contribution < 1.29 is 9.18 Å². The minimum absolute atomic E-state index is 0.0428. The van der Waals surface area contributed by atoms with E-state index >= 15 is 0 Å². The number of nitrogens with zero attached hydrogens (tertiary/aromatic N) is 2. The van der Waals surface area contributed by atoms with E-state index in [2.05, 4.69) is 35.7 Å². The van der Waals surface area contributed by atoms with Crippen LogP contribution in [0.2, 0.25) is 0 Å². The fraction of sp³-hybridized carbons (Fsp3) is 0.278. The van der Waals surface area contributed by atoms with Gasteiger partial charge in [-0.15, -0.1) is 0 Å². The van der Waals surface area contributed by atoms with Crippen LogP contribution in [0, 0.1) is 23.2 Å². The molecule has 4 heteroatoms. The van der Waals surface area contributed by atoms with E-state index in [1.165, 1.54) is 12.3 Å². The van der Waals surface area contributed by atoms with E-state index in [4.69, 9.17) is 0 Å². The highest BCUT2D eigenvalue weighted by Gasteiger charge is 2.31. The molecule has 110 valence electrons. The molecule has 0 atom stereocenters. The molecule has 0 radical (unpaired) electrons. The first-order valence-electron chi connectivity index (χ1n) is 7.09. The second kappa shape index (κ2) is 5.34. The third-order valence-electron chi connectivity index (χ3n) is 3.63. The van der Waals surface area contributed by atoms with Crippen molar-refractivity contribution in [3.63, 3.8) is 0 Å². The van der Waals surface area contributed by atoms with Gasteiger partial charge in [0.25, 0.3) is 0 Å². The van der Waals surface area contributed by atoms with Gasteiger partial charge in [0.1, 0.15) is 0 Å². The summed E-state index contributed by atoms with van der Waals surface area (Å²) in [6.07, 6.45) is 4.35. The summed E-state index contributed by atoms with van der Waals surface area (Å²) in [5.41, 5.74) is 2.65. The molecule has 0 fully saturated rings. The Morgan fingerprint density at radius 2 is 1.91 bits per heavy atom. The quantitative estimate of drug-likeness (QED) is 0.553. The number of fused-ring (bicyclic) bond motifs is 1. The molecular weight excluding hydrogens is 279 g/mol. The Kier molecular flexibility index (Phi) is 3.50. The van der Waals surface area contributed by atoms with Crippen LogP contribution in [0.25, 0.3) is 0 Å². The molecule has 0 saturated heterocycles. The van der Waals surface area contributed by atoms with E-state index in [0.717, 1.165) is 12.1 Å². The molecular formula is C18H15FN2O. The average molecular weight is 294 g/mol. The fourth-order valence-corrected chi connectivity index (χ4v) is 2.61. The van der Waals surface area contributed by atoms with Gasteiger partial charge in [-0.25, -0.2) is 4.98 Å². The summed E-state index contributed by atoms with van der Waals surface area (Å²) in [5, 5.41) is 0. The molecule has 1 aliphatic carbocycles. The highest BCUT2D eigenvalue weighted by molar-refractivity contribution is 5.98. The van der Waals surface area contributed by atoms with Crippen LogP contribution < -0.4 is 0 Å². The molecule has 22 heavy (non-hydrogen) atoms. The van der Waals surface area contributed by atoms with Crippen LogP contribution >= 0.6 is 0 Å². The Morgan fingerprint density at radius 3 is 2.68 bits per heavy atom. The summed E-state index contributed by atoms with van der Waals surface area (Å²) in [7, 11) is 0. The van der Waals surface area contributed by atoms with Crippen molar-refractivity contribution in [2.45, 2.75) is 26.7 Å². The maximum atomic E-state index is 13.0. The van der Waals surface area contributed by atoms with Crippen LogP contribution in [0.5, 0.6) is 0 Å². The predicted octanol–water partition coefficient (Wildman–Crippen LogP) is 3.17. The van der Waals surface area contributed by atoms with Crippen LogP contribution in [-0.4, -0.2) is 15.8 Å². The first kappa shape index (κ1) is 14.4. The lowest BCUT2D eigenvalue weighted by molar-refractivity contribution is 0.0910. The van der Waals surface area contributed by atoms with Crippen LogP contribution in [0.15, 0.2) is 30.6 Å². The largest absolute Gasteiger partial charge is 0.294 e. The van der Waals surface area contributed by atoms with E-state index in [0.29, 0.717) is 23.1 Å². The number of rotatable bonds is 0. The molecule has 2 heterocycles. The van der Waals surface area contributed by atoms with Crippen molar-refractivity contribution in [3.8, 4) is 11.8 Å². The summed E-state index contributed by atoms with van der Waals surface area (Å²) in [4.78, 5) is 20.1. The lowest BCUT2D eigenvalue weighted by Crippen LogP contribution is -2.27. The van der Waals surface area contributed by atoms with Gasteiger partial charge in [-0.1, -0.05) is 25.7 Å². The molecule has 3 rings (SSSR count). The van der Waals surface area contributed by atoms with Crippen molar-refractivity contribution in [3.05, 3.63) is 58.9 Å². The second-order valence-corrected chi connectivity index (χ2v) is 6.28. The number of carbonyl (C=O) groups excluding carboxylic acids is 1. The lowest BCUT2D eigenvalue weighted by Gasteiger charge is -2.29. The standard InChI is InChI=1S/C18H15FN2O/c1-18(2)9-15-14(16(22)10-18)7-13(11-21-15)4-3-12-5-6-20-17(19)8-12/h5-8,11H,9-10H2,1-2H3. The zero-order valence-corrected chi connectivity index (χ0v) is 12.5. The first-order chi connectivity index (χ1) is 10.4. The summed E-state index contributed by atoms with van der Waals surface area (Å²) >= 11 is 0. The van der Waals surface area contributed by atoms with E-state index < -0.39 is 5.95 Å². The van der Waals surface area contributed by atoms with E-state index in [1.807, 2.05) is 0 Å². The molecule has 0 aromatic carbocycles. The number of aromatic nitrogens is 2. The predicted molar refractivity (Wildman–Crippen MR) is 80.8 cm³/mol. The Morgan fingerprint density at radius 1 is 1.14 bits per heavy atom. The molecule has 1 aliphatic rings. The second-order valence-electron chi connectivity index (χ2n) is 6.28. The normalized spacial score (nSPS) is 15.7. The van der Waals surface area contributed by atoms with Crippen LogP contribution in [0.4, 0.5) is 4.39 Å². The van der Waals surface area contributed by atoms with Crippen LogP contribution in [0.3, 0.4) is 0 Å². The van der Waals surface area contributed by atoms with Gasteiger partial charge in [-0.2, -0.15) is 4.39 Å². The molecule has 3 nitrogen and oxygen atoms in total. The van der Waals surface area contributed by atoms with Gasteiger partial charge in [0.2, 0.25) is 5.95 Å². The number of hydrogen-bond donors (Lipinski definition) is 0. The van der Waals surface area contributed by atoms with Gasteiger partial charge in [-0.05, 0) is 24.0 Å². The monoisotopic (exact) mass is 294 g/mol. The number of carbonyl (C=O) groups is 1. The third-order valence-corrected chi connectivity index (χ3v) is 3.63. The minimum Gasteiger partial charge on any atom is -0.294 e. The Hall–Kier alpha value is -2.54. The molecule has 0 bridgehead atoms. The summed E-state index contributed by atoms with van der Waals surface area (Å²) < 4.78 is 13.0. The molecule has 0 unspecified atom stereocenters. The molecule has 2 aromatic rings. The van der Waals surface area contributed by atoms with Crippen molar-refractivity contribution in [1.82, 2.24) is 9.97 Å². The van der Waals surface area contributed by atoms with Crippen LogP contribution in [0.1, 0.15) is 47.4 Å². The van der Waals surface area contributed by atoms with Gasteiger partial charge < -0.3 is 0 Å². The van der Waals surface area contributed by atoms with Gasteiger partial charge in [-0.3, -0.25) is 9.78 Å². The zero-order valence-electron chi connectivity index (χ0n) is 12.5. The summed E-state index contributed by atoms with van der Waals surface area (Å²) in [6, 6.07) is 4.69. The van der Waals surface area contributed by atoms with Gasteiger partial charge >= 0.3 is 0 Å². The number of ketones is 1. The first-order valence-corrected chi connectivity index (χ1v) is 7.09. The van der Waals surface area contributed by atoms with Gasteiger partial charge in [0.15, 0.2) is 5.78 Å². The topological polar surface area (TPSA) is 42.9 Å². The van der Waals surface area contributed by atoms with Gasteiger partial charge in [0, 0.05) is 41.6 Å². The lowest BCUT2D eigenvalue weighted by atomic mass is 9.75. The van der Waals surface area contributed by atoms with E-state index in [-0.39, 0.29) is 11.2 Å². The average Bonchev–Trinajstić information content (AvgIpc) is 2.44.